The summed E-state index contributed by atoms with van der Waals surface area (Å²) in [7, 11) is 3.79. The number of Topliss-reactive ketones (excluding diaryl/α,β-unsaturated/α-hetero) is 1. The molecule has 6 heterocycles. The van der Waals surface area contributed by atoms with Crippen LogP contribution in [0.3, 0.4) is 0 Å². The molecule has 5 aliphatic carbocycles. The molecular weight excluding hydrogens is 1610 g/mol. The fourth-order valence-electron chi connectivity index (χ4n) is 18.0. The summed E-state index contributed by atoms with van der Waals surface area (Å²) in [6.45, 7) is 7.46. The normalized spacial score (nSPS) is 27.9. The first kappa shape index (κ1) is 88.7. The average Bonchev–Trinajstić information content (AvgIpc) is 1.61. The van der Waals surface area contributed by atoms with Crippen LogP contribution in [0, 0.1) is 41.4 Å². The van der Waals surface area contributed by atoms with Crippen molar-refractivity contribution < 1.29 is 126 Å². The average molecular weight is 1710 g/mol. The van der Waals surface area contributed by atoms with Gasteiger partial charge in [0.1, 0.15) is 76.5 Å². The van der Waals surface area contributed by atoms with E-state index in [1.54, 1.807) is 32.0 Å². The smallest absolute Gasteiger partial charge is 0.377 e. The number of methoxy groups -OCH3 is 3. The van der Waals surface area contributed by atoms with Gasteiger partial charge in [-0.2, -0.15) is 4.89 Å². The number of carboxylic acids is 1. The molecule has 29 heteroatoms. The number of carbonyl (C=O) groups is 6. The number of fused-ring (bicyclic) bond motifs is 17. The fourth-order valence-corrected chi connectivity index (χ4v) is 19.7. The molecule has 3 unspecified atom stereocenters. The predicted molar refractivity (Wildman–Crippen MR) is 426 cm³/mol. The first-order valence-electron chi connectivity index (χ1n) is 39.4. The van der Waals surface area contributed by atoms with Gasteiger partial charge in [0.05, 0.1) is 65.8 Å². The third-order valence-electron chi connectivity index (χ3n) is 23.5. The summed E-state index contributed by atoms with van der Waals surface area (Å²) in [5, 5.41) is 57.8. The van der Waals surface area contributed by atoms with E-state index in [-0.39, 0.29) is 158 Å². The van der Waals surface area contributed by atoms with E-state index in [1.165, 1.54) is 40.9 Å². The number of carboxylic acid groups (broad SMARTS) is 1. The van der Waals surface area contributed by atoms with Crippen LogP contribution < -0.4 is 23.7 Å². The summed E-state index contributed by atoms with van der Waals surface area (Å²) in [6.07, 6.45) is 10.6. The van der Waals surface area contributed by atoms with Gasteiger partial charge in [-0.25, -0.2) is 14.5 Å². The van der Waals surface area contributed by atoms with Crippen molar-refractivity contribution in [1.29, 1.82) is 0 Å². The summed E-state index contributed by atoms with van der Waals surface area (Å²) in [5.41, 5.74) is 9.18. The van der Waals surface area contributed by atoms with Gasteiger partial charge in [0, 0.05) is 169 Å². The van der Waals surface area contributed by atoms with Crippen LogP contribution in [-0.4, -0.2) is 195 Å². The number of aromatic carboxylic acids is 1. The molecule has 0 amide bonds. The lowest BCUT2D eigenvalue weighted by Gasteiger charge is -2.32. The van der Waals surface area contributed by atoms with Crippen molar-refractivity contribution in [2.24, 2.45) is 29.6 Å². The van der Waals surface area contributed by atoms with E-state index in [0.717, 1.165) is 93.0 Å². The van der Waals surface area contributed by atoms with Crippen molar-refractivity contribution in [3.63, 3.8) is 0 Å². The minimum Gasteiger partial charge on any atom is -0.489 e. The van der Waals surface area contributed by atoms with Gasteiger partial charge in [0.25, 0.3) is 6.35 Å². The van der Waals surface area contributed by atoms with E-state index in [2.05, 4.69) is 71.3 Å². The lowest BCUT2D eigenvalue weighted by molar-refractivity contribution is -0.256. The SMILES string of the molecule is CC#CCC(C)C(=O)C[P+](=O)COOC.CC1OC[C@@H]2[C@H]3c4cccc(CCl)c4O[C@H]3C[C@H]2O1.COC(=O)CCCc1cccc2c1O[C@H]1C[C@@H](O)[C@H](CO)[C@@H]21.COC(=O)CCCc1cccc2c1O[C@H]1C[C@@H](OC(C)=O)[C@H](CO)[C@@H]21.COC(=O)c1cccc2c1O[C@H]1C[C@@H](O)[C@H](CO)[C@@H]21.O=C(O)c1cc(Br)cc2c1O[C@H]1CC=C[C@@H]21. The maximum Gasteiger partial charge on any atom is 0.377 e. The quantitative estimate of drug-likeness (QED) is 0.00548. The van der Waals surface area contributed by atoms with Crippen LogP contribution in [0.15, 0.2) is 102 Å². The van der Waals surface area contributed by atoms with Gasteiger partial charge in [-0.05, 0) is 68.9 Å². The van der Waals surface area contributed by atoms with Crippen molar-refractivity contribution in [2.45, 2.75) is 201 Å². The van der Waals surface area contributed by atoms with Crippen molar-refractivity contribution in [3.05, 3.63) is 157 Å². The number of hydrogen-bond donors (Lipinski definition) is 6. The van der Waals surface area contributed by atoms with E-state index < -0.39 is 31.9 Å². The summed E-state index contributed by atoms with van der Waals surface area (Å²) in [5.74, 6) is 8.06. The largest absolute Gasteiger partial charge is 0.489 e. The molecule has 0 aromatic heterocycles. The number of rotatable bonds is 22. The molecule has 116 heavy (non-hydrogen) atoms. The number of ketones is 1. The second-order valence-electron chi connectivity index (χ2n) is 30.5. The van der Waals surface area contributed by atoms with Crippen molar-refractivity contribution in [3.8, 4) is 40.6 Å². The highest BCUT2D eigenvalue weighted by atomic mass is 79.9. The number of benzene rings is 5. The van der Waals surface area contributed by atoms with Crippen LogP contribution in [0.2, 0.25) is 0 Å². The zero-order chi connectivity index (χ0) is 83.2. The molecule has 6 N–H and O–H groups in total. The number of hydrogen-bond acceptors (Lipinski definition) is 25. The van der Waals surface area contributed by atoms with Crippen LogP contribution >= 0.6 is 35.3 Å². The molecule has 1 saturated heterocycles. The molecule has 26 nitrogen and oxygen atoms in total. The van der Waals surface area contributed by atoms with Crippen molar-refractivity contribution in [2.75, 3.05) is 67.4 Å². The maximum atomic E-state index is 11.7. The zero-order valence-corrected chi connectivity index (χ0v) is 69.5. The van der Waals surface area contributed by atoms with Crippen LogP contribution in [-0.2, 0) is 80.7 Å². The number of ether oxygens (including phenoxy) is 11. The molecule has 21 atom stereocenters. The van der Waals surface area contributed by atoms with Gasteiger partial charge in [-0.3, -0.25) is 19.2 Å². The fraction of sp³-hybridized carbons (Fsp3) is 0.540. The molecule has 4 saturated carbocycles. The van der Waals surface area contributed by atoms with Gasteiger partial charge in [0.2, 0.25) is 6.16 Å². The Morgan fingerprint density at radius 3 is 1.67 bits per heavy atom. The van der Waals surface area contributed by atoms with E-state index in [4.69, 9.17) is 59.3 Å². The zero-order valence-electron chi connectivity index (χ0n) is 66.3. The monoisotopic (exact) mass is 1710 g/mol. The minimum absolute atomic E-state index is 0.0301. The highest BCUT2D eigenvalue weighted by molar-refractivity contribution is 9.10. The number of halogens is 2. The molecule has 626 valence electrons. The van der Waals surface area contributed by atoms with Gasteiger partial charge in [0.15, 0.2) is 12.1 Å². The van der Waals surface area contributed by atoms with E-state index in [1.807, 2.05) is 61.5 Å². The lowest BCUT2D eigenvalue weighted by atomic mass is 9.87. The molecule has 11 aliphatic rings. The molecule has 5 aromatic carbocycles. The number of alkyl halides is 1. The van der Waals surface area contributed by atoms with Crippen LogP contribution in [0.25, 0.3) is 0 Å². The lowest BCUT2D eigenvalue weighted by Crippen LogP contribution is -2.37. The third-order valence-corrected chi connectivity index (χ3v) is 25.3. The molecule has 0 radical (unpaired) electrons. The Morgan fingerprint density at radius 1 is 0.629 bits per heavy atom. The molecular formula is C87H104BrClO26P+. The molecule has 0 bridgehead atoms. The second kappa shape index (κ2) is 41.1. The maximum absolute atomic E-state index is 11.7. The number of para-hydroxylation sites is 4. The van der Waals surface area contributed by atoms with Crippen molar-refractivity contribution >= 4 is 71.0 Å². The Morgan fingerprint density at radius 2 is 1.14 bits per heavy atom. The van der Waals surface area contributed by atoms with Gasteiger partial charge in [-0.15, -0.1) is 23.4 Å². The number of aryl methyl sites for hydroxylation is 2. The van der Waals surface area contributed by atoms with Gasteiger partial charge >= 0.3 is 37.6 Å². The standard InChI is InChI=1S/C19H24O6.C17H22O5.C15H17ClO3.C14H16O5.C12H9BrO3.C10H16O4P/c1-11(21)24-15-9-16-18(14(15)10-20)13-7-3-5-12(19(13)25-16)6-4-8-17(22)23-2;1-21-15(20)7-3-5-10-4-2-6-11-16-12(9-18)13(19)8-14(16)22-17(10)11;1-8-17-7-11-12(18-8)5-13-14(11)10-4-2-3-9(6-16)15(10)19-13;1-18-14(17)8-4-2-3-7-12-9(6-15)10(16)5-11(12)19-13(7)8;13-6-4-8-7-2-1-3-10(7)16-11(8)9(5-6)12(14)15;1-4-5-6-9(2)10(11)7-15(12)8-14-13-3/h3,5,7,14-16,18,20H,4,6,8-10H2,1-2H3;2,4,6,12-14,16,18-19H,3,5,7-9H2,1H3;2-4,8,11-14H,5-7H2,1H3;2-4,9-12,15-16H,5-6H2,1H3;1-2,4-5,7,10H,3H2,(H,14,15);9H,6-8H2,1-3H3/q;;;;;+1/t14-,15+,16-,18+;12-,13+,14-,16+;8?,11-,12+,13-,14+;9-,10+,11-,12+;7-,10-;/m00000./s1. The Kier molecular flexibility index (Phi) is 31.4. The molecule has 6 aliphatic heterocycles. The molecule has 0 spiro atoms. The Labute approximate surface area is 689 Å². The highest BCUT2D eigenvalue weighted by Gasteiger charge is 2.55. The van der Waals surface area contributed by atoms with Crippen LogP contribution in [0.4, 0.5) is 0 Å². The Balaban J connectivity index is 0.000000138. The second-order valence-corrected chi connectivity index (χ2v) is 33.2. The molecule has 5 fully saturated rings. The molecule has 16 rings (SSSR count). The molecule has 5 aromatic rings. The minimum atomic E-state index is -1.67. The number of esters is 4. The Hall–Kier alpha value is -8.07. The van der Waals surface area contributed by atoms with Crippen LogP contribution in [0.1, 0.15) is 187 Å². The van der Waals surface area contributed by atoms with Crippen LogP contribution in [0.5, 0.6) is 28.7 Å². The predicted octanol–water partition coefficient (Wildman–Crippen LogP) is 12.0. The number of carbonyl (C=O) groups excluding carboxylic acids is 5. The topological polar surface area (TPSA) is 361 Å². The Bertz CT molecular complexity index is 4430. The first-order valence-corrected chi connectivity index (χ1v) is 42.3. The number of aliphatic hydroxyl groups excluding tert-OH is 5. The summed E-state index contributed by atoms with van der Waals surface area (Å²) < 4.78 is 73.0. The highest BCUT2D eigenvalue weighted by Crippen LogP contribution is 2.57. The van der Waals surface area contributed by atoms with E-state index in [0.29, 0.717) is 86.1 Å². The third kappa shape index (κ3) is 20.1. The summed E-state index contributed by atoms with van der Waals surface area (Å²) in [4.78, 5) is 76.9. The van der Waals surface area contributed by atoms with Gasteiger partial charge in [-0.1, -0.05) is 106 Å². The van der Waals surface area contributed by atoms with E-state index in [9.17, 15) is 58.9 Å². The van der Waals surface area contributed by atoms with E-state index >= 15 is 0 Å². The number of aliphatic hydroxyl groups is 5. The summed E-state index contributed by atoms with van der Waals surface area (Å²) in [6, 6.07) is 27.2. The first-order chi connectivity index (χ1) is 55.9. The van der Waals surface area contributed by atoms with Gasteiger partial charge < -0.3 is 82.7 Å². The summed E-state index contributed by atoms with van der Waals surface area (Å²) >= 11 is 9.33. The van der Waals surface area contributed by atoms with Crippen molar-refractivity contribution in [1.82, 2.24) is 0 Å².